The van der Waals surface area contributed by atoms with Crippen LogP contribution in [0.25, 0.3) is 10.8 Å². The molecule has 0 saturated heterocycles. The standard InChI is InChI=1S/C16H18O2/c1-4-12(3)16(17)18-15-8-7-13-9-11(2)5-6-14(13)10-15/h5-10,12H,4H2,1-3H3. The number of hydrogen-bond donors (Lipinski definition) is 0. The Morgan fingerprint density at radius 3 is 2.56 bits per heavy atom. The van der Waals surface area contributed by atoms with E-state index in [1.165, 1.54) is 10.9 Å². The molecule has 0 aromatic heterocycles. The highest BCUT2D eigenvalue weighted by molar-refractivity contribution is 5.85. The molecule has 0 spiro atoms. The summed E-state index contributed by atoms with van der Waals surface area (Å²) in [7, 11) is 0. The SMILES string of the molecule is CCC(C)C(=O)Oc1ccc2cc(C)ccc2c1. The predicted molar refractivity (Wildman–Crippen MR) is 73.8 cm³/mol. The van der Waals surface area contributed by atoms with E-state index in [0.29, 0.717) is 5.75 Å². The zero-order valence-corrected chi connectivity index (χ0v) is 11.1. The number of ether oxygens (including phenoxy) is 1. The summed E-state index contributed by atoms with van der Waals surface area (Å²) in [4.78, 5) is 11.7. The molecule has 0 fully saturated rings. The van der Waals surface area contributed by atoms with Crippen molar-refractivity contribution in [2.24, 2.45) is 5.92 Å². The third-order valence-corrected chi connectivity index (χ3v) is 3.20. The average molecular weight is 242 g/mol. The predicted octanol–water partition coefficient (Wildman–Crippen LogP) is 4.10. The Bertz CT molecular complexity index is 572. The van der Waals surface area contributed by atoms with Crippen molar-refractivity contribution in [3.63, 3.8) is 0 Å². The lowest BCUT2D eigenvalue weighted by atomic mass is 10.1. The molecule has 2 heteroatoms. The highest BCUT2D eigenvalue weighted by atomic mass is 16.5. The summed E-state index contributed by atoms with van der Waals surface area (Å²) in [6.45, 7) is 5.93. The summed E-state index contributed by atoms with van der Waals surface area (Å²) in [5, 5.41) is 2.26. The van der Waals surface area contributed by atoms with Gasteiger partial charge in [0.15, 0.2) is 0 Å². The van der Waals surface area contributed by atoms with Gasteiger partial charge in [-0.2, -0.15) is 0 Å². The first-order chi connectivity index (χ1) is 8.60. The van der Waals surface area contributed by atoms with Crippen molar-refractivity contribution in [3.05, 3.63) is 42.0 Å². The molecule has 0 amide bonds. The average Bonchev–Trinajstić information content (AvgIpc) is 2.38. The summed E-state index contributed by atoms with van der Waals surface area (Å²) in [6, 6.07) is 12.0. The molecule has 0 radical (unpaired) electrons. The topological polar surface area (TPSA) is 26.3 Å². The van der Waals surface area contributed by atoms with Crippen molar-refractivity contribution in [1.82, 2.24) is 0 Å². The quantitative estimate of drug-likeness (QED) is 0.598. The van der Waals surface area contributed by atoms with E-state index in [-0.39, 0.29) is 11.9 Å². The van der Waals surface area contributed by atoms with Crippen LogP contribution in [-0.2, 0) is 4.79 Å². The van der Waals surface area contributed by atoms with Crippen molar-refractivity contribution < 1.29 is 9.53 Å². The molecule has 2 aromatic carbocycles. The first-order valence-electron chi connectivity index (χ1n) is 6.32. The third kappa shape index (κ3) is 2.70. The van der Waals surface area contributed by atoms with Crippen LogP contribution < -0.4 is 4.74 Å². The van der Waals surface area contributed by atoms with E-state index in [2.05, 4.69) is 19.1 Å². The molecule has 2 aromatic rings. The molecule has 0 aliphatic carbocycles. The number of carbonyl (C=O) groups excluding carboxylic acids is 1. The van der Waals surface area contributed by atoms with E-state index < -0.39 is 0 Å². The van der Waals surface area contributed by atoms with Gasteiger partial charge in [-0.25, -0.2) is 0 Å². The van der Waals surface area contributed by atoms with E-state index in [4.69, 9.17) is 4.74 Å². The molecule has 2 rings (SSSR count). The number of hydrogen-bond acceptors (Lipinski definition) is 2. The Balaban J connectivity index is 2.25. The van der Waals surface area contributed by atoms with Gasteiger partial charge in [0, 0.05) is 0 Å². The molecule has 1 unspecified atom stereocenters. The van der Waals surface area contributed by atoms with Crippen LogP contribution in [0, 0.1) is 12.8 Å². The molecular weight excluding hydrogens is 224 g/mol. The van der Waals surface area contributed by atoms with Crippen molar-refractivity contribution in [2.75, 3.05) is 0 Å². The smallest absolute Gasteiger partial charge is 0.314 e. The van der Waals surface area contributed by atoms with Crippen LogP contribution in [0.2, 0.25) is 0 Å². The van der Waals surface area contributed by atoms with Gasteiger partial charge in [-0.1, -0.05) is 43.7 Å². The Kier molecular flexibility index (Phi) is 3.66. The van der Waals surface area contributed by atoms with Crippen LogP contribution >= 0.6 is 0 Å². The van der Waals surface area contributed by atoms with Crippen LogP contribution in [0.5, 0.6) is 5.75 Å². The molecule has 2 nitrogen and oxygen atoms in total. The maximum atomic E-state index is 11.7. The van der Waals surface area contributed by atoms with Crippen LogP contribution in [-0.4, -0.2) is 5.97 Å². The first-order valence-corrected chi connectivity index (χ1v) is 6.32. The molecule has 0 saturated carbocycles. The molecule has 0 aliphatic heterocycles. The molecule has 0 aliphatic rings. The molecule has 18 heavy (non-hydrogen) atoms. The fourth-order valence-electron chi connectivity index (χ4n) is 1.79. The second kappa shape index (κ2) is 5.21. The minimum Gasteiger partial charge on any atom is -0.426 e. The second-order valence-corrected chi connectivity index (χ2v) is 4.74. The summed E-state index contributed by atoms with van der Waals surface area (Å²) in [5.41, 5.74) is 1.23. The summed E-state index contributed by atoms with van der Waals surface area (Å²) < 4.78 is 5.37. The monoisotopic (exact) mass is 242 g/mol. The number of fused-ring (bicyclic) bond motifs is 1. The number of esters is 1. The maximum absolute atomic E-state index is 11.7. The van der Waals surface area contributed by atoms with E-state index in [9.17, 15) is 4.79 Å². The zero-order valence-electron chi connectivity index (χ0n) is 11.1. The largest absolute Gasteiger partial charge is 0.426 e. The Labute approximate surface area is 108 Å². The Hall–Kier alpha value is -1.83. The Morgan fingerprint density at radius 1 is 1.17 bits per heavy atom. The molecule has 0 N–H and O–H groups in total. The number of benzene rings is 2. The normalized spacial score (nSPS) is 12.4. The van der Waals surface area contributed by atoms with Gasteiger partial charge in [0.25, 0.3) is 0 Å². The van der Waals surface area contributed by atoms with Crippen LogP contribution in [0.15, 0.2) is 36.4 Å². The lowest BCUT2D eigenvalue weighted by Gasteiger charge is -2.09. The molecular formula is C16H18O2. The maximum Gasteiger partial charge on any atom is 0.314 e. The molecule has 94 valence electrons. The van der Waals surface area contributed by atoms with Crippen molar-refractivity contribution >= 4 is 16.7 Å². The lowest BCUT2D eigenvalue weighted by molar-refractivity contribution is -0.138. The molecule has 0 bridgehead atoms. The van der Waals surface area contributed by atoms with Gasteiger partial charge < -0.3 is 4.74 Å². The second-order valence-electron chi connectivity index (χ2n) is 4.74. The van der Waals surface area contributed by atoms with Crippen molar-refractivity contribution in [1.29, 1.82) is 0 Å². The van der Waals surface area contributed by atoms with E-state index >= 15 is 0 Å². The van der Waals surface area contributed by atoms with Gasteiger partial charge in [0.05, 0.1) is 5.92 Å². The number of carbonyl (C=O) groups is 1. The van der Waals surface area contributed by atoms with Crippen molar-refractivity contribution in [2.45, 2.75) is 27.2 Å². The minimum absolute atomic E-state index is 0.0567. The fourth-order valence-corrected chi connectivity index (χ4v) is 1.79. The number of aryl methyl sites for hydroxylation is 1. The van der Waals surface area contributed by atoms with Gasteiger partial charge in [-0.05, 0) is 36.2 Å². The van der Waals surface area contributed by atoms with Gasteiger partial charge in [-0.3, -0.25) is 4.79 Å². The summed E-state index contributed by atoms with van der Waals surface area (Å²) >= 11 is 0. The minimum atomic E-state index is -0.163. The van der Waals surface area contributed by atoms with Gasteiger partial charge >= 0.3 is 5.97 Å². The highest BCUT2D eigenvalue weighted by Crippen LogP contribution is 2.22. The highest BCUT2D eigenvalue weighted by Gasteiger charge is 2.13. The lowest BCUT2D eigenvalue weighted by Crippen LogP contribution is -2.16. The third-order valence-electron chi connectivity index (χ3n) is 3.20. The van der Waals surface area contributed by atoms with Gasteiger partial charge in [0.1, 0.15) is 5.75 Å². The van der Waals surface area contributed by atoms with E-state index in [1.807, 2.05) is 38.1 Å². The number of rotatable bonds is 3. The van der Waals surface area contributed by atoms with Crippen LogP contribution in [0.1, 0.15) is 25.8 Å². The zero-order chi connectivity index (χ0) is 13.1. The fraction of sp³-hybridized carbons (Fsp3) is 0.312. The van der Waals surface area contributed by atoms with Gasteiger partial charge in [0.2, 0.25) is 0 Å². The van der Waals surface area contributed by atoms with Crippen LogP contribution in [0.4, 0.5) is 0 Å². The van der Waals surface area contributed by atoms with Gasteiger partial charge in [-0.15, -0.1) is 0 Å². The molecule has 1 atom stereocenters. The Morgan fingerprint density at radius 2 is 1.83 bits per heavy atom. The first kappa shape index (κ1) is 12.6. The van der Waals surface area contributed by atoms with E-state index in [1.54, 1.807) is 0 Å². The van der Waals surface area contributed by atoms with Crippen LogP contribution in [0.3, 0.4) is 0 Å². The van der Waals surface area contributed by atoms with E-state index in [0.717, 1.165) is 11.8 Å². The summed E-state index contributed by atoms with van der Waals surface area (Å²) in [6.07, 6.45) is 0.797. The molecule has 0 heterocycles. The van der Waals surface area contributed by atoms with Crippen molar-refractivity contribution in [3.8, 4) is 5.75 Å². The summed E-state index contributed by atoms with van der Waals surface area (Å²) in [5.74, 6) is 0.402.